The Morgan fingerprint density at radius 3 is 2.87 bits per heavy atom. The van der Waals surface area contributed by atoms with Gasteiger partial charge >= 0.3 is 0 Å². The number of epoxide rings is 1. The van der Waals surface area contributed by atoms with Crippen molar-refractivity contribution in [1.29, 1.82) is 0 Å². The molecule has 1 saturated heterocycles. The van der Waals surface area contributed by atoms with Crippen molar-refractivity contribution in [3.05, 3.63) is 48.0 Å². The Morgan fingerprint density at radius 1 is 1.33 bits per heavy atom. The summed E-state index contributed by atoms with van der Waals surface area (Å²) in [7, 11) is 0. The van der Waals surface area contributed by atoms with Crippen molar-refractivity contribution in [2.24, 2.45) is 0 Å². The van der Waals surface area contributed by atoms with Crippen LogP contribution >= 0.6 is 0 Å². The highest BCUT2D eigenvalue weighted by atomic mass is 16.6. The Hall–Kier alpha value is -1.12. The molecule has 0 amide bonds. The van der Waals surface area contributed by atoms with Crippen LogP contribution in [0.1, 0.15) is 18.6 Å². The molecule has 1 heterocycles. The lowest BCUT2D eigenvalue weighted by Gasteiger charge is -1.93. The van der Waals surface area contributed by atoms with Crippen molar-refractivity contribution in [3.8, 4) is 0 Å². The van der Waals surface area contributed by atoms with Gasteiger partial charge in [0.25, 0.3) is 0 Å². The number of rotatable bonds is 5. The molecule has 0 unspecified atom stereocenters. The third-order valence-corrected chi connectivity index (χ3v) is 2.40. The second-order valence-corrected chi connectivity index (χ2v) is 3.52. The van der Waals surface area contributed by atoms with Gasteiger partial charge in [-0.15, -0.1) is 0 Å². The van der Waals surface area contributed by atoms with Crippen LogP contribution in [0.2, 0.25) is 0 Å². The van der Waals surface area contributed by atoms with Crippen molar-refractivity contribution in [2.45, 2.75) is 19.1 Å². The molecule has 1 aromatic carbocycles. The van der Waals surface area contributed by atoms with Crippen LogP contribution in [0.5, 0.6) is 0 Å². The molecular formula is C13H16O2. The van der Waals surface area contributed by atoms with E-state index >= 15 is 0 Å². The van der Waals surface area contributed by atoms with Gasteiger partial charge in [0, 0.05) is 6.61 Å². The number of hydrogen-bond acceptors (Lipinski definition) is 2. The normalized spacial score (nSPS) is 24.6. The first-order valence-corrected chi connectivity index (χ1v) is 5.36. The summed E-state index contributed by atoms with van der Waals surface area (Å²) in [6.07, 6.45) is 4.60. The molecule has 80 valence electrons. The fourth-order valence-corrected chi connectivity index (χ4v) is 1.56. The van der Waals surface area contributed by atoms with Crippen LogP contribution in [0.3, 0.4) is 0 Å². The average Bonchev–Trinajstić information content (AvgIpc) is 3.05. The molecule has 2 atom stereocenters. The molecule has 0 saturated carbocycles. The third kappa shape index (κ3) is 2.91. The molecule has 15 heavy (non-hydrogen) atoms. The van der Waals surface area contributed by atoms with Crippen LogP contribution in [0.25, 0.3) is 0 Å². The van der Waals surface area contributed by atoms with Crippen molar-refractivity contribution in [2.75, 3.05) is 13.2 Å². The summed E-state index contributed by atoms with van der Waals surface area (Å²) in [5, 5.41) is 0. The van der Waals surface area contributed by atoms with E-state index in [4.69, 9.17) is 9.47 Å². The predicted molar refractivity (Wildman–Crippen MR) is 59.7 cm³/mol. The lowest BCUT2D eigenvalue weighted by molar-refractivity contribution is 0.177. The Morgan fingerprint density at radius 2 is 2.13 bits per heavy atom. The van der Waals surface area contributed by atoms with E-state index < -0.39 is 0 Å². The zero-order valence-electron chi connectivity index (χ0n) is 8.93. The van der Waals surface area contributed by atoms with Gasteiger partial charge in [0.05, 0.1) is 6.61 Å². The Kier molecular flexibility index (Phi) is 3.54. The maximum absolute atomic E-state index is 5.54. The lowest BCUT2D eigenvalue weighted by Crippen LogP contribution is -1.90. The Balaban J connectivity index is 1.79. The molecule has 2 rings (SSSR count). The van der Waals surface area contributed by atoms with Crippen molar-refractivity contribution < 1.29 is 9.47 Å². The van der Waals surface area contributed by atoms with Gasteiger partial charge in [0.1, 0.15) is 12.2 Å². The Bertz CT molecular complexity index is 319. The van der Waals surface area contributed by atoms with E-state index in [2.05, 4.69) is 18.2 Å². The first kappa shape index (κ1) is 10.4. The SMILES string of the molecule is CCOC/C=C/[C@@H]1O[C@@H]1c1ccccc1. The van der Waals surface area contributed by atoms with Crippen LogP contribution < -0.4 is 0 Å². The van der Waals surface area contributed by atoms with Gasteiger partial charge in [0.15, 0.2) is 0 Å². The van der Waals surface area contributed by atoms with E-state index in [1.165, 1.54) is 5.56 Å². The molecule has 0 radical (unpaired) electrons. The zero-order valence-corrected chi connectivity index (χ0v) is 8.93. The summed E-state index contributed by atoms with van der Waals surface area (Å²) in [4.78, 5) is 0. The van der Waals surface area contributed by atoms with Gasteiger partial charge in [-0.1, -0.05) is 42.5 Å². The molecule has 0 spiro atoms. The van der Waals surface area contributed by atoms with Gasteiger partial charge in [-0.05, 0) is 12.5 Å². The minimum absolute atomic E-state index is 0.243. The van der Waals surface area contributed by atoms with Crippen LogP contribution in [-0.2, 0) is 9.47 Å². The minimum atomic E-state index is 0.243. The Labute approximate surface area is 90.5 Å². The van der Waals surface area contributed by atoms with Crippen molar-refractivity contribution in [1.82, 2.24) is 0 Å². The van der Waals surface area contributed by atoms with Gasteiger partial charge < -0.3 is 9.47 Å². The maximum Gasteiger partial charge on any atom is 0.113 e. The fourth-order valence-electron chi connectivity index (χ4n) is 1.56. The largest absolute Gasteiger partial charge is 0.378 e. The van der Waals surface area contributed by atoms with E-state index in [9.17, 15) is 0 Å². The average molecular weight is 204 g/mol. The van der Waals surface area contributed by atoms with Gasteiger partial charge in [-0.2, -0.15) is 0 Å². The standard InChI is InChI=1S/C13H16O2/c1-2-14-10-6-9-12-13(15-12)11-7-4-3-5-8-11/h3-9,12-13H,2,10H2,1H3/b9-6+/t12-,13+/m0/s1. The summed E-state index contributed by atoms with van der Waals surface area (Å²) < 4.78 is 10.8. The lowest BCUT2D eigenvalue weighted by atomic mass is 10.1. The summed E-state index contributed by atoms with van der Waals surface area (Å²) in [6, 6.07) is 10.3. The van der Waals surface area contributed by atoms with Crippen LogP contribution in [-0.4, -0.2) is 19.3 Å². The molecule has 0 aromatic heterocycles. The maximum atomic E-state index is 5.54. The highest BCUT2D eigenvalue weighted by Crippen LogP contribution is 2.39. The van der Waals surface area contributed by atoms with E-state index in [1.54, 1.807) is 0 Å². The van der Waals surface area contributed by atoms with Gasteiger partial charge in [0.2, 0.25) is 0 Å². The number of ether oxygens (including phenoxy) is 2. The van der Waals surface area contributed by atoms with E-state index in [0.29, 0.717) is 6.61 Å². The van der Waals surface area contributed by atoms with E-state index in [-0.39, 0.29) is 12.2 Å². The van der Waals surface area contributed by atoms with Gasteiger partial charge in [-0.3, -0.25) is 0 Å². The highest BCUT2D eigenvalue weighted by Gasteiger charge is 2.37. The second kappa shape index (κ2) is 5.10. The topological polar surface area (TPSA) is 21.8 Å². The molecule has 2 heteroatoms. The summed E-state index contributed by atoms with van der Waals surface area (Å²) in [6.45, 7) is 3.43. The molecule has 1 aromatic rings. The predicted octanol–water partition coefficient (Wildman–Crippen LogP) is 2.72. The summed E-state index contributed by atoms with van der Waals surface area (Å²) >= 11 is 0. The zero-order chi connectivity index (χ0) is 10.5. The first-order chi connectivity index (χ1) is 7.42. The smallest absolute Gasteiger partial charge is 0.113 e. The monoisotopic (exact) mass is 204 g/mol. The summed E-state index contributed by atoms with van der Waals surface area (Å²) in [5.74, 6) is 0. The van der Waals surface area contributed by atoms with E-state index in [0.717, 1.165) is 6.61 Å². The molecule has 0 N–H and O–H groups in total. The molecule has 1 aliphatic rings. The first-order valence-electron chi connectivity index (χ1n) is 5.36. The van der Waals surface area contributed by atoms with E-state index in [1.807, 2.05) is 31.2 Å². The molecular weight excluding hydrogens is 188 g/mol. The number of benzene rings is 1. The van der Waals surface area contributed by atoms with Crippen molar-refractivity contribution >= 4 is 0 Å². The minimum Gasteiger partial charge on any atom is -0.378 e. The third-order valence-electron chi connectivity index (χ3n) is 2.40. The molecule has 2 nitrogen and oxygen atoms in total. The molecule has 0 bridgehead atoms. The quantitative estimate of drug-likeness (QED) is 0.418. The van der Waals surface area contributed by atoms with Crippen LogP contribution in [0.15, 0.2) is 42.5 Å². The molecule has 1 aliphatic heterocycles. The van der Waals surface area contributed by atoms with Crippen molar-refractivity contribution in [3.63, 3.8) is 0 Å². The number of hydrogen-bond donors (Lipinski definition) is 0. The highest BCUT2D eigenvalue weighted by molar-refractivity contribution is 5.24. The van der Waals surface area contributed by atoms with Gasteiger partial charge in [-0.25, -0.2) is 0 Å². The molecule has 0 aliphatic carbocycles. The summed E-state index contributed by atoms with van der Waals surface area (Å²) in [5.41, 5.74) is 1.25. The fraction of sp³-hybridized carbons (Fsp3) is 0.385. The van der Waals surface area contributed by atoms with Crippen LogP contribution in [0.4, 0.5) is 0 Å². The molecule has 1 fully saturated rings. The second-order valence-electron chi connectivity index (χ2n) is 3.52. The van der Waals surface area contributed by atoms with Crippen LogP contribution in [0, 0.1) is 0 Å².